The van der Waals surface area contributed by atoms with Crippen molar-refractivity contribution in [1.29, 1.82) is 0 Å². The van der Waals surface area contributed by atoms with E-state index in [-0.39, 0.29) is 11.7 Å². The third kappa shape index (κ3) is 1.93. The Labute approximate surface area is 113 Å². The molecule has 0 bridgehead atoms. The summed E-state index contributed by atoms with van der Waals surface area (Å²) in [5.41, 5.74) is 4.12. The second-order valence-electron chi connectivity index (χ2n) is 5.04. The molecule has 19 heavy (non-hydrogen) atoms. The largest absolute Gasteiger partial charge is 0.497 e. The van der Waals surface area contributed by atoms with Crippen molar-refractivity contribution < 1.29 is 9.53 Å². The predicted molar refractivity (Wildman–Crippen MR) is 75.6 cm³/mol. The molecule has 0 N–H and O–H groups in total. The van der Waals surface area contributed by atoms with Crippen LogP contribution < -0.4 is 4.74 Å². The van der Waals surface area contributed by atoms with Crippen LogP contribution in [-0.4, -0.2) is 12.9 Å². The number of rotatable bonds is 2. The Hall–Kier alpha value is -2.09. The maximum absolute atomic E-state index is 12.3. The van der Waals surface area contributed by atoms with Crippen LogP contribution in [0.2, 0.25) is 0 Å². The molecule has 0 spiro atoms. The smallest absolute Gasteiger partial charge is 0.166 e. The molecule has 1 unspecified atom stereocenters. The fourth-order valence-corrected chi connectivity index (χ4v) is 2.76. The zero-order valence-electron chi connectivity index (χ0n) is 11.1. The maximum Gasteiger partial charge on any atom is 0.166 e. The number of carbonyl (C=O) groups is 1. The van der Waals surface area contributed by atoms with Crippen LogP contribution in [0.25, 0.3) is 11.1 Å². The van der Waals surface area contributed by atoms with Crippen molar-refractivity contribution in [1.82, 2.24) is 0 Å². The average Bonchev–Trinajstić information content (AvgIpc) is 2.74. The number of ketones is 1. The molecule has 0 aromatic heterocycles. The second kappa shape index (κ2) is 4.54. The van der Waals surface area contributed by atoms with Gasteiger partial charge >= 0.3 is 0 Å². The van der Waals surface area contributed by atoms with Gasteiger partial charge in [-0.05, 0) is 35.2 Å². The Morgan fingerprint density at radius 3 is 2.74 bits per heavy atom. The molecular formula is C17H16O2. The zero-order chi connectivity index (χ0) is 13.4. The summed E-state index contributed by atoms with van der Waals surface area (Å²) in [6.45, 7) is 2.00. The SMILES string of the molecule is COc1cccc(-c2cccc3c2C(=O)C(C)C3)c1. The van der Waals surface area contributed by atoms with Crippen molar-refractivity contribution in [3.8, 4) is 16.9 Å². The normalized spacial score (nSPS) is 17.4. The Kier molecular flexibility index (Phi) is 2.86. The molecule has 1 atom stereocenters. The molecule has 2 aromatic rings. The van der Waals surface area contributed by atoms with Crippen LogP contribution in [0.1, 0.15) is 22.8 Å². The van der Waals surface area contributed by atoms with Gasteiger partial charge in [-0.3, -0.25) is 4.79 Å². The molecular weight excluding hydrogens is 236 g/mol. The lowest BCUT2D eigenvalue weighted by atomic mass is 9.96. The molecule has 1 aliphatic carbocycles. The fraction of sp³-hybridized carbons (Fsp3) is 0.235. The quantitative estimate of drug-likeness (QED) is 0.814. The van der Waals surface area contributed by atoms with E-state index in [1.807, 2.05) is 43.3 Å². The zero-order valence-corrected chi connectivity index (χ0v) is 11.1. The number of hydrogen-bond acceptors (Lipinski definition) is 2. The number of carbonyl (C=O) groups excluding carboxylic acids is 1. The van der Waals surface area contributed by atoms with E-state index in [0.717, 1.165) is 34.4 Å². The van der Waals surface area contributed by atoms with Crippen LogP contribution >= 0.6 is 0 Å². The van der Waals surface area contributed by atoms with Crippen molar-refractivity contribution in [2.45, 2.75) is 13.3 Å². The molecule has 0 saturated heterocycles. The van der Waals surface area contributed by atoms with Gasteiger partial charge < -0.3 is 4.74 Å². The summed E-state index contributed by atoms with van der Waals surface area (Å²) in [6.07, 6.45) is 0.853. The van der Waals surface area contributed by atoms with Crippen molar-refractivity contribution >= 4 is 5.78 Å². The van der Waals surface area contributed by atoms with Crippen molar-refractivity contribution in [2.75, 3.05) is 7.11 Å². The number of Topliss-reactive ketones (excluding diaryl/α,β-unsaturated/α-hetero) is 1. The van der Waals surface area contributed by atoms with Gasteiger partial charge in [0.25, 0.3) is 0 Å². The van der Waals surface area contributed by atoms with E-state index in [1.165, 1.54) is 0 Å². The minimum Gasteiger partial charge on any atom is -0.497 e. The first-order valence-electron chi connectivity index (χ1n) is 6.51. The molecule has 2 aromatic carbocycles. The summed E-state index contributed by atoms with van der Waals surface area (Å²) in [7, 11) is 1.65. The van der Waals surface area contributed by atoms with E-state index in [1.54, 1.807) is 7.11 Å². The summed E-state index contributed by atoms with van der Waals surface area (Å²) >= 11 is 0. The van der Waals surface area contributed by atoms with Gasteiger partial charge in [0.05, 0.1) is 7.11 Å². The van der Waals surface area contributed by atoms with Crippen LogP contribution in [0.15, 0.2) is 42.5 Å². The van der Waals surface area contributed by atoms with E-state index in [0.29, 0.717) is 0 Å². The number of hydrogen-bond donors (Lipinski definition) is 0. The second-order valence-corrected chi connectivity index (χ2v) is 5.04. The topological polar surface area (TPSA) is 26.3 Å². The first kappa shape index (κ1) is 12.0. The van der Waals surface area contributed by atoms with Gasteiger partial charge in [0.15, 0.2) is 5.78 Å². The first-order chi connectivity index (χ1) is 9.20. The lowest BCUT2D eigenvalue weighted by Crippen LogP contribution is -2.04. The summed E-state index contributed by atoms with van der Waals surface area (Å²) < 4.78 is 5.26. The van der Waals surface area contributed by atoms with E-state index < -0.39 is 0 Å². The first-order valence-corrected chi connectivity index (χ1v) is 6.51. The van der Waals surface area contributed by atoms with E-state index in [4.69, 9.17) is 4.74 Å². The Bertz CT molecular complexity index is 643. The highest BCUT2D eigenvalue weighted by atomic mass is 16.5. The van der Waals surface area contributed by atoms with Crippen molar-refractivity contribution in [3.05, 3.63) is 53.6 Å². The Morgan fingerprint density at radius 1 is 1.16 bits per heavy atom. The van der Waals surface area contributed by atoms with Gasteiger partial charge in [-0.25, -0.2) is 0 Å². The molecule has 0 aliphatic heterocycles. The highest BCUT2D eigenvalue weighted by Gasteiger charge is 2.29. The van der Waals surface area contributed by atoms with Gasteiger partial charge in [0.1, 0.15) is 5.75 Å². The Morgan fingerprint density at radius 2 is 1.95 bits per heavy atom. The molecule has 3 rings (SSSR count). The van der Waals surface area contributed by atoms with E-state index >= 15 is 0 Å². The number of fused-ring (bicyclic) bond motifs is 1. The van der Waals surface area contributed by atoms with Crippen LogP contribution in [0.5, 0.6) is 5.75 Å². The standard InChI is InChI=1S/C17H16O2/c1-11-9-13-6-4-8-15(16(13)17(11)18)12-5-3-7-14(10-12)19-2/h3-8,10-11H,9H2,1-2H3. The lowest BCUT2D eigenvalue weighted by Gasteiger charge is -2.09. The monoisotopic (exact) mass is 252 g/mol. The molecule has 0 saturated carbocycles. The van der Waals surface area contributed by atoms with Gasteiger partial charge in [-0.15, -0.1) is 0 Å². The van der Waals surface area contributed by atoms with Gasteiger partial charge in [0, 0.05) is 11.5 Å². The molecule has 0 amide bonds. The maximum atomic E-state index is 12.3. The fourth-order valence-electron chi connectivity index (χ4n) is 2.76. The van der Waals surface area contributed by atoms with Crippen LogP contribution in [0, 0.1) is 5.92 Å². The summed E-state index contributed by atoms with van der Waals surface area (Å²) in [4.78, 5) is 12.3. The van der Waals surface area contributed by atoms with Crippen LogP contribution in [-0.2, 0) is 6.42 Å². The van der Waals surface area contributed by atoms with Gasteiger partial charge in [0.2, 0.25) is 0 Å². The third-order valence-corrected chi connectivity index (χ3v) is 3.75. The predicted octanol–water partition coefficient (Wildman–Crippen LogP) is 3.74. The molecule has 96 valence electrons. The summed E-state index contributed by atoms with van der Waals surface area (Å²) in [6, 6.07) is 14.0. The lowest BCUT2D eigenvalue weighted by molar-refractivity contribution is 0.0947. The van der Waals surface area contributed by atoms with Crippen LogP contribution in [0.4, 0.5) is 0 Å². The molecule has 2 heteroatoms. The number of methoxy groups -OCH3 is 1. The minimum absolute atomic E-state index is 0.0988. The Balaban J connectivity index is 2.17. The highest BCUT2D eigenvalue weighted by Crippen LogP contribution is 2.35. The molecule has 1 aliphatic rings. The molecule has 0 fully saturated rings. The van der Waals surface area contributed by atoms with Crippen molar-refractivity contribution in [3.63, 3.8) is 0 Å². The summed E-state index contributed by atoms with van der Waals surface area (Å²) in [5.74, 6) is 1.17. The average molecular weight is 252 g/mol. The number of benzene rings is 2. The number of ether oxygens (including phenoxy) is 1. The van der Waals surface area contributed by atoms with E-state index in [9.17, 15) is 4.79 Å². The third-order valence-electron chi connectivity index (χ3n) is 3.75. The van der Waals surface area contributed by atoms with Gasteiger partial charge in [-0.2, -0.15) is 0 Å². The van der Waals surface area contributed by atoms with Crippen molar-refractivity contribution in [2.24, 2.45) is 5.92 Å². The van der Waals surface area contributed by atoms with Crippen LogP contribution in [0.3, 0.4) is 0 Å². The minimum atomic E-state index is 0.0988. The molecule has 0 heterocycles. The highest BCUT2D eigenvalue weighted by molar-refractivity contribution is 6.07. The van der Waals surface area contributed by atoms with E-state index in [2.05, 4.69) is 6.07 Å². The summed E-state index contributed by atoms with van der Waals surface area (Å²) in [5, 5.41) is 0. The molecule has 0 radical (unpaired) electrons. The molecule has 2 nitrogen and oxygen atoms in total. The van der Waals surface area contributed by atoms with Gasteiger partial charge in [-0.1, -0.05) is 37.3 Å².